The summed E-state index contributed by atoms with van der Waals surface area (Å²) < 4.78 is 33.7. The van der Waals surface area contributed by atoms with Gasteiger partial charge in [-0.1, -0.05) is 13.8 Å². The van der Waals surface area contributed by atoms with Crippen LogP contribution < -0.4 is 14.8 Å². The van der Waals surface area contributed by atoms with Crippen LogP contribution in [0.2, 0.25) is 0 Å². The molecule has 1 heterocycles. The van der Waals surface area contributed by atoms with E-state index >= 15 is 0 Å². The summed E-state index contributed by atoms with van der Waals surface area (Å²) in [6.07, 6.45) is 0. The topological polar surface area (TPSA) is 84.5 Å². The van der Waals surface area contributed by atoms with Gasteiger partial charge >= 0.3 is 0 Å². The van der Waals surface area contributed by atoms with Gasteiger partial charge in [-0.15, -0.1) is 0 Å². The van der Waals surface area contributed by atoms with Crippen LogP contribution in [0.1, 0.15) is 36.5 Å². The molecule has 0 saturated carbocycles. The van der Waals surface area contributed by atoms with Crippen molar-refractivity contribution in [2.45, 2.75) is 38.5 Å². The molecule has 1 unspecified atom stereocenters. The first-order chi connectivity index (χ1) is 12.6. The van der Waals surface area contributed by atoms with E-state index in [1.165, 1.54) is 0 Å². The largest absolute Gasteiger partial charge is 0.496 e. The lowest BCUT2D eigenvalue weighted by atomic mass is 9.89. The van der Waals surface area contributed by atoms with Crippen LogP contribution in [-0.2, 0) is 14.8 Å². The molecule has 0 saturated heterocycles. The fraction of sp³-hybridized carbons (Fsp3) is 0.350. The van der Waals surface area contributed by atoms with E-state index in [1.807, 2.05) is 13.8 Å². The van der Waals surface area contributed by atoms with E-state index in [0.29, 0.717) is 17.0 Å². The number of nitrogens with one attached hydrogen (secondary N) is 2. The normalized spacial score (nSPS) is 16.2. The molecule has 1 aliphatic rings. The van der Waals surface area contributed by atoms with Crippen molar-refractivity contribution in [3.05, 3.63) is 47.0 Å². The van der Waals surface area contributed by atoms with Gasteiger partial charge in [0.05, 0.1) is 17.9 Å². The van der Waals surface area contributed by atoms with Gasteiger partial charge in [-0.05, 0) is 66.8 Å². The standard InChI is InChI=1S/C20H24N2O4S/c1-11(2)19-15-10-14(6-7-16(15)21-20(19)23)22-27(24,25)18-9-12(3)17(26-5)8-13(18)4/h6-11,19,22H,1-5H3,(H,21,23). The maximum atomic E-state index is 12.9. The second kappa shape index (κ2) is 6.88. The van der Waals surface area contributed by atoms with E-state index < -0.39 is 10.0 Å². The molecule has 0 aromatic heterocycles. The molecule has 7 heteroatoms. The summed E-state index contributed by atoms with van der Waals surface area (Å²) in [4.78, 5) is 12.4. The molecule has 0 aliphatic carbocycles. The van der Waals surface area contributed by atoms with Crippen LogP contribution in [-0.4, -0.2) is 21.4 Å². The quantitative estimate of drug-likeness (QED) is 0.816. The second-order valence-electron chi connectivity index (χ2n) is 7.21. The highest BCUT2D eigenvalue weighted by molar-refractivity contribution is 7.92. The summed E-state index contributed by atoms with van der Waals surface area (Å²) in [6.45, 7) is 7.48. The highest BCUT2D eigenvalue weighted by atomic mass is 32.2. The number of amides is 1. The minimum atomic E-state index is -3.77. The van der Waals surface area contributed by atoms with Gasteiger partial charge in [0, 0.05) is 11.4 Å². The van der Waals surface area contributed by atoms with Gasteiger partial charge in [-0.3, -0.25) is 9.52 Å². The van der Waals surface area contributed by atoms with Gasteiger partial charge in [0.15, 0.2) is 0 Å². The Kier molecular flexibility index (Phi) is 4.90. The Labute approximate surface area is 160 Å². The van der Waals surface area contributed by atoms with Crippen molar-refractivity contribution in [3.8, 4) is 5.75 Å². The smallest absolute Gasteiger partial charge is 0.262 e. The van der Waals surface area contributed by atoms with Gasteiger partial charge < -0.3 is 10.1 Å². The van der Waals surface area contributed by atoms with Gasteiger partial charge in [0.1, 0.15) is 5.75 Å². The Morgan fingerprint density at radius 3 is 2.44 bits per heavy atom. The van der Waals surface area contributed by atoms with Crippen LogP contribution in [0.5, 0.6) is 5.75 Å². The zero-order chi connectivity index (χ0) is 19.9. The lowest BCUT2D eigenvalue weighted by Gasteiger charge is -2.16. The van der Waals surface area contributed by atoms with Crippen molar-refractivity contribution < 1.29 is 17.9 Å². The third-order valence-electron chi connectivity index (χ3n) is 4.83. The predicted molar refractivity (Wildman–Crippen MR) is 106 cm³/mol. The third-order valence-corrected chi connectivity index (χ3v) is 6.35. The minimum absolute atomic E-state index is 0.0540. The molecule has 2 N–H and O–H groups in total. The zero-order valence-corrected chi connectivity index (χ0v) is 16.9. The van der Waals surface area contributed by atoms with E-state index in [2.05, 4.69) is 10.0 Å². The molecule has 2 aromatic rings. The number of anilines is 2. The van der Waals surface area contributed by atoms with Crippen LogP contribution in [0.25, 0.3) is 0 Å². The number of carbonyl (C=O) groups excluding carboxylic acids is 1. The number of rotatable bonds is 5. The molecule has 0 spiro atoms. The molecule has 144 valence electrons. The molecule has 3 rings (SSSR count). The number of ether oxygens (including phenoxy) is 1. The monoisotopic (exact) mass is 388 g/mol. The molecule has 1 atom stereocenters. The van der Waals surface area contributed by atoms with Crippen molar-refractivity contribution in [2.75, 3.05) is 17.1 Å². The summed E-state index contributed by atoms with van der Waals surface area (Å²) in [7, 11) is -2.22. The number of benzene rings is 2. The van der Waals surface area contributed by atoms with Crippen LogP contribution in [0.15, 0.2) is 35.2 Å². The Bertz CT molecular complexity index is 1010. The number of carbonyl (C=O) groups is 1. The Hall–Kier alpha value is -2.54. The van der Waals surface area contributed by atoms with Crippen LogP contribution in [0.4, 0.5) is 11.4 Å². The lowest BCUT2D eigenvalue weighted by Crippen LogP contribution is -2.17. The summed E-state index contributed by atoms with van der Waals surface area (Å²) in [5.74, 6) is 0.425. The maximum Gasteiger partial charge on any atom is 0.262 e. The predicted octanol–water partition coefficient (Wildman–Crippen LogP) is 3.80. The SMILES string of the molecule is COc1cc(C)c(S(=O)(=O)Nc2ccc3c(c2)C(C(C)C)C(=O)N3)cc1C. The summed E-state index contributed by atoms with van der Waals surface area (Å²) >= 11 is 0. The minimum Gasteiger partial charge on any atom is -0.496 e. The van der Waals surface area contributed by atoms with Crippen LogP contribution >= 0.6 is 0 Å². The van der Waals surface area contributed by atoms with Crippen molar-refractivity contribution in [3.63, 3.8) is 0 Å². The molecule has 0 bridgehead atoms. The Balaban J connectivity index is 1.97. The van der Waals surface area contributed by atoms with E-state index in [4.69, 9.17) is 4.74 Å². The number of hydrogen-bond donors (Lipinski definition) is 2. The lowest BCUT2D eigenvalue weighted by molar-refractivity contribution is -0.117. The third kappa shape index (κ3) is 3.51. The van der Waals surface area contributed by atoms with Crippen molar-refractivity contribution in [2.24, 2.45) is 5.92 Å². The van der Waals surface area contributed by atoms with Gasteiger partial charge in [0.25, 0.3) is 10.0 Å². The fourth-order valence-corrected chi connectivity index (χ4v) is 4.86. The molecular weight excluding hydrogens is 364 g/mol. The number of methoxy groups -OCH3 is 1. The van der Waals surface area contributed by atoms with Gasteiger partial charge in [-0.25, -0.2) is 8.42 Å². The average Bonchev–Trinajstić information content (AvgIpc) is 2.91. The van der Waals surface area contributed by atoms with E-state index in [1.54, 1.807) is 51.3 Å². The van der Waals surface area contributed by atoms with Crippen molar-refractivity contribution in [1.29, 1.82) is 0 Å². The number of hydrogen-bond acceptors (Lipinski definition) is 4. The summed E-state index contributed by atoms with van der Waals surface area (Å²) in [6, 6.07) is 8.45. The molecular formula is C20H24N2O4S. The van der Waals surface area contributed by atoms with Gasteiger partial charge in [-0.2, -0.15) is 0 Å². The van der Waals surface area contributed by atoms with E-state index in [0.717, 1.165) is 16.8 Å². The first-order valence-electron chi connectivity index (χ1n) is 8.77. The van der Waals surface area contributed by atoms with E-state index in [9.17, 15) is 13.2 Å². The number of sulfonamides is 1. The number of aryl methyl sites for hydroxylation is 2. The Morgan fingerprint density at radius 2 is 1.81 bits per heavy atom. The molecule has 1 aliphatic heterocycles. The molecule has 0 radical (unpaired) electrons. The maximum absolute atomic E-state index is 12.9. The van der Waals surface area contributed by atoms with Gasteiger partial charge in [0.2, 0.25) is 5.91 Å². The van der Waals surface area contributed by atoms with Crippen molar-refractivity contribution >= 4 is 27.3 Å². The summed E-state index contributed by atoms with van der Waals surface area (Å²) in [5, 5.41) is 2.85. The molecule has 27 heavy (non-hydrogen) atoms. The first-order valence-corrected chi connectivity index (χ1v) is 10.2. The van der Waals surface area contributed by atoms with Crippen LogP contribution in [0.3, 0.4) is 0 Å². The average molecular weight is 388 g/mol. The highest BCUT2D eigenvalue weighted by Crippen LogP contribution is 2.39. The Morgan fingerprint density at radius 1 is 1.11 bits per heavy atom. The molecule has 1 amide bonds. The zero-order valence-electron chi connectivity index (χ0n) is 16.1. The van der Waals surface area contributed by atoms with E-state index in [-0.39, 0.29) is 22.6 Å². The molecule has 2 aromatic carbocycles. The fourth-order valence-electron chi connectivity index (χ4n) is 3.49. The molecule has 0 fully saturated rings. The second-order valence-corrected chi connectivity index (χ2v) is 8.86. The van der Waals surface area contributed by atoms with Crippen molar-refractivity contribution in [1.82, 2.24) is 0 Å². The highest BCUT2D eigenvalue weighted by Gasteiger charge is 2.33. The molecule has 6 nitrogen and oxygen atoms in total. The number of fused-ring (bicyclic) bond motifs is 1. The summed E-state index contributed by atoms with van der Waals surface area (Å²) in [5.41, 5.74) is 3.33. The first kappa shape index (κ1) is 19.2. The van der Waals surface area contributed by atoms with Crippen LogP contribution in [0, 0.1) is 19.8 Å².